The van der Waals surface area contributed by atoms with Crippen molar-refractivity contribution in [3.63, 3.8) is 0 Å². The SMILES string of the molecule is c1ccc(COC[C@H]2OB(c3ccccc3)O[C@@H]2CSc2ccccc2)cc1. The van der Waals surface area contributed by atoms with Crippen LogP contribution in [-0.4, -0.2) is 31.7 Å². The lowest BCUT2D eigenvalue weighted by Crippen LogP contribution is -2.32. The first kappa shape index (κ1) is 19.3. The molecular weight excluding hydrogens is 367 g/mol. The summed E-state index contributed by atoms with van der Waals surface area (Å²) in [6.45, 7) is 1.09. The van der Waals surface area contributed by atoms with Crippen molar-refractivity contribution in [1.29, 1.82) is 0 Å². The van der Waals surface area contributed by atoms with Crippen LogP contribution in [-0.2, 0) is 20.7 Å². The van der Waals surface area contributed by atoms with Crippen LogP contribution < -0.4 is 5.46 Å². The molecule has 0 radical (unpaired) electrons. The molecule has 5 heteroatoms. The van der Waals surface area contributed by atoms with E-state index in [1.807, 2.05) is 54.6 Å². The normalized spacial score (nSPS) is 19.1. The van der Waals surface area contributed by atoms with Gasteiger partial charge in [-0.25, -0.2) is 0 Å². The average molecular weight is 390 g/mol. The van der Waals surface area contributed by atoms with Crippen LogP contribution >= 0.6 is 11.8 Å². The molecule has 4 rings (SSSR count). The maximum absolute atomic E-state index is 6.26. The van der Waals surface area contributed by atoms with E-state index < -0.39 is 0 Å². The molecule has 0 spiro atoms. The van der Waals surface area contributed by atoms with Crippen molar-refractivity contribution >= 4 is 24.3 Å². The predicted octanol–water partition coefficient (Wildman–Crippen LogP) is 4.17. The second kappa shape index (κ2) is 9.94. The number of hydrogen-bond acceptors (Lipinski definition) is 4. The molecule has 28 heavy (non-hydrogen) atoms. The van der Waals surface area contributed by atoms with Gasteiger partial charge in [0.15, 0.2) is 0 Å². The Balaban J connectivity index is 1.38. The Hall–Kier alpha value is -2.05. The van der Waals surface area contributed by atoms with Gasteiger partial charge in [-0.3, -0.25) is 0 Å². The van der Waals surface area contributed by atoms with Crippen molar-refractivity contribution in [2.24, 2.45) is 0 Å². The lowest BCUT2D eigenvalue weighted by atomic mass is 9.79. The molecule has 0 N–H and O–H groups in total. The van der Waals surface area contributed by atoms with E-state index in [9.17, 15) is 0 Å². The fraction of sp³-hybridized carbons (Fsp3) is 0.217. The number of ether oxygens (including phenoxy) is 1. The third-order valence-electron chi connectivity index (χ3n) is 4.63. The topological polar surface area (TPSA) is 27.7 Å². The van der Waals surface area contributed by atoms with E-state index in [1.54, 1.807) is 11.8 Å². The highest BCUT2D eigenvalue weighted by Gasteiger charge is 2.40. The summed E-state index contributed by atoms with van der Waals surface area (Å²) in [6.07, 6.45) is -0.115. The third-order valence-corrected chi connectivity index (χ3v) is 5.74. The van der Waals surface area contributed by atoms with Gasteiger partial charge < -0.3 is 14.0 Å². The van der Waals surface area contributed by atoms with Crippen LogP contribution in [0.25, 0.3) is 0 Å². The Morgan fingerprint density at radius 2 is 1.36 bits per heavy atom. The number of thioether (sulfide) groups is 1. The molecule has 1 heterocycles. The van der Waals surface area contributed by atoms with E-state index in [2.05, 4.69) is 36.4 Å². The molecule has 0 unspecified atom stereocenters. The minimum Gasteiger partial charge on any atom is -0.401 e. The van der Waals surface area contributed by atoms with Crippen LogP contribution in [0.4, 0.5) is 0 Å². The van der Waals surface area contributed by atoms with E-state index >= 15 is 0 Å². The standard InChI is InChI=1S/C23H23BO3S/c1-4-10-19(11-5-1)16-25-17-22-23(18-28-21-14-8-3-9-15-21)27-24(26-22)20-12-6-2-7-13-20/h1-15,22-23H,16-18H2/t22-,23-/m1/s1. The molecule has 0 saturated carbocycles. The Kier molecular flexibility index (Phi) is 6.84. The number of hydrogen-bond donors (Lipinski definition) is 0. The van der Waals surface area contributed by atoms with Crippen LogP contribution in [0.5, 0.6) is 0 Å². The second-order valence-corrected chi connectivity index (χ2v) is 7.81. The monoisotopic (exact) mass is 390 g/mol. The summed E-state index contributed by atoms with van der Waals surface area (Å²) in [5, 5.41) is 0. The molecule has 1 saturated heterocycles. The van der Waals surface area contributed by atoms with Crippen LogP contribution in [0.15, 0.2) is 95.9 Å². The Bertz CT molecular complexity index is 832. The summed E-state index contributed by atoms with van der Waals surface area (Å²) in [5.74, 6) is 0.826. The van der Waals surface area contributed by atoms with Crippen molar-refractivity contribution in [3.05, 3.63) is 96.6 Å². The van der Waals surface area contributed by atoms with E-state index in [0.29, 0.717) is 13.2 Å². The summed E-state index contributed by atoms with van der Waals surface area (Å²) in [7, 11) is -0.340. The Labute approximate surface area is 171 Å². The summed E-state index contributed by atoms with van der Waals surface area (Å²) < 4.78 is 18.4. The molecular formula is C23H23BO3S. The molecule has 0 amide bonds. The molecule has 3 nitrogen and oxygen atoms in total. The van der Waals surface area contributed by atoms with Gasteiger partial charge in [0.25, 0.3) is 0 Å². The van der Waals surface area contributed by atoms with Crippen LogP contribution in [0.2, 0.25) is 0 Å². The Morgan fingerprint density at radius 1 is 0.750 bits per heavy atom. The van der Waals surface area contributed by atoms with Gasteiger partial charge in [0, 0.05) is 10.6 Å². The number of rotatable bonds is 8. The average Bonchev–Trinajstić information content (AvgIpc) is 3.17. The largest absolute Gasteiger partial charge is 0.494 e. The summed E-state index contributed by atoms with van der Waals surface area (Å²) >= 11 is 1.79. The van der Waals surface area contributed by atoms with E-state index in [4.69, 9.17) is 14.0 Å². The molecule has 2 atom stereocenters. The zero-order valence-electron chi connectivity index (χ0n) is 15.6. The number of benzene rings is 3. The quantitative estimate of drug-likeness (QED) is 0.426. The van der Waals surface area contributed by atoms with Gasteiger partial charge >= 0.3 is 7.12 Å². The maximum Gasteiger partial charge on any atom is 0.494 e. The predicted molar refractivity (Wildman–Crippen MR) is 115 cm³/mol. The molecule has 3 aromatic rings. The maximum atomic E-state index is 6.26. The smallest absolute Gasteiger partial charge is 0.401 e. The minimum atomic E-state index is -0.340. The van der Waals surface area contributed by atoms with Crippen molar-refractivity contribution in [3.8, 4) is 0 Å². The molecule has 142 valence electrons. The molecule has 0 aliphatic carbocycles. The first-order chi connectivity index (χ1) is 13.9. The van der Waals surface area contributed by atoms with Crippen molar-refractivity contribution in [2.75, 3.05) is 12.4 Å². The third kappa shape index (κ3) is 5.27. The highest BCUT2D eigenvalue weighted by atomic mass is 32.2. The van der Waals surface area contributed by atoms with Gasteiger partial charge in [0.1, 0.15) is 0 Å². The van der Waals surface area contributed by atoms with Gasteiger partial charge in [-0.05, 0) is 23.2 Å². The second-order valence-electron chi connectivity index (χ2n) is 6.72. The fourth-order valence-corrected chi connectivity index (χ4v) is 4.15. The molecule has 1 fully saturated rings. The summed E-state index contributed by atoms with van der Waals surface area (Å²) in [5.41, 5.74) is 2.21. The van der Waals surface area contributed by atoms with Gasteiger partial charge in [-0.1, -0.05) is 78.9 Å². The van der Waals surface area contributed by atoms with Crippen molar-refractivity contribution < 1.29 is 14.0 Å². The summed E-state index contributed by atoms with van der Waals surface area (Å²) in [4.78, 5) is 1.23. The first-order valence-corrected chi connectivity index (χ1v) is 10.5. The molecule has 1 aliphatic rings. The summed E-state index contributed by atoms with van der Waals surface area (Å²) in [6, 6.07) is 30.7. The van der Waals surface area contributed by atoms with Crippen molar-refractivity contribution in [1.82, 2.24) is 0 Å². The van der Waals surface area contributed by atoms with E-state index in [0.717, 1.165) is 16.8 Å². The van der Waals surface area contributed by atoms with Crippen LogP contribution in [0.1, 0.15) is 5.56 Å². The lowest BCUT2D eigenvalue weighted by molar-refractivity contribution is 0.0326. The zero-order chi connectivity index (χ0) is 19.0. The zero-order valence-corrected chi connectivity index (χ0v) is 16.5. The van der Waals surface area contributed by atoms with Gasteiger partial charge in [-0.2, -0.15) is 0 Å². The minimum absolute atomic E-state index is 0.0221. The van der Waals surface area contributed by atoms with Gasteiger partial charge in [0.2, 0.25) is 0 Å². The van der Waals surface area contributed by atoms with E-state index in [-0.39, 0.29) is 19.3 Å². The Morgan fingerprint density at radius 3 is 2.07 bits per heavy atom. The first-order valence-electron chi connectivity index (χ1n) is 9.54. The lowest BCUT2D eigenvalue weighted by Gasteiger charge is -2.18. The van der Waals surface area contributed by atoms with Crippen LogP contribution in [0.3, 0.4) is 0 Å². The van der Waals surface area contributed by atoms with E-state index in [1.165, 1.54) is 4.90 Å². The highest BCUT2D eigenvalue weighted by Crippen LogP contribution is 2.25. The molecule has 3 aromatic carbocycles. The van der Waals surface area contributed by atoms with Crippen LogP contribution in [0, 0.1) is 0 Å². The molecule has 0 bridgehead atoms. The van der Waals surface area contributed by atoms with Gasteiger partial charge in [0.05, 0.1) is 25.4 Å². The molecule has 0 aromatic heterocycles. The fourth-order valence-electron chi connectivity index (χ4n) is 3.15. The van der Waals surface area contributed by atoms with Crippen molar-refractivity contribution in [2.45, 2.75) is 23.7 Å². The van der Waals surface area contributed by atoms with Gasteiger partial charge in [-0.15, -0.1) is 11.8 Å². The highest BCUT2D eigenvalue weighted by molar-refractivity contribution is 7.99. The molecule has 1 aliphatic heterocycles.